The van der Waals surface area contributed by atoms with Crippen LogP contribution in [0.25, 0.3) is 0 Å². The Morgan fingerprint density at radius 2 is 2.10 bits per heavy atom. The number of likely N-dealkylation sites (tertiary alicyclic amines) is 1. The Hall–Kier alpha value is -1.83. The molecule has 3 aliphatic heterocycles. The van der Waals surface area contributed by atoms with Gasteiger partial charge in [0.2, 0.25) is 11.8 Å². The van der Waals surface area contributed by atoms with Gasteiger partial charge in [-0.05, 0) is 55.2 Å². The second kappa shape index (κ2) is 9.54. The van der Waals surface area contributed by atoms with E-state index in [9.17, 15) is 14.7 Å². The lowest BCUT2D eigenvalue weighted by Crippen LogP contribution is -2.66. The van der Waals surface area contributed by atoms with E-state index < -0.39 is 6.04 Å². The van der Waals surface area contributed by atoms with E-state index in [1.807, 2.05) is 23.1 Å². The van der Waals surface area contributed by atoms with E-state index >= 15 is 0 Å². The number of fused-ring (bicyclic) bond motifs is 4. The number of piperidine rings is 3. The lowest BCUT2D eigenvalue weighted by molar-refractivity contribution is -0.156. The number of carbonyl (C=O) groups excluding carboxylic acids is 2. The highest BCUT2D eigenvalue weighted by Crippen LogP contribution is 2.42. The molecule has 0 radical (unpaired) electrons. The molecular weight excluding hydrogens is 406 g/mol. The fourth-order valence-corrected chi connectivity index (χ4v) is 5.57. The minimum absolute atomic E-state index is 0. The van der Waals surface area contributed by atoms with E-state index in [0.29, 0.717) is 19.5 Å². The van der Waals surface area contributed by atoms with E-state index in [0.717, 1.165) is 37.0 Å². The molecule has 3 heterocycles. The van der Waals surface area contributed by atoms with Crippen molar-refractivity contribution in [3.63, 3.8) is 0 Å². The average molecular weight is 438 g/mol. The van der Waals surface area contributed by atoms with Crippen molar-refractivity contribution < 1.29 is 19.4 Å². The molecule has 0 aliphatic carbocycles. The summed E-state index contributed by atoms with van der Waals surface area (Å²) in [6.07, 6.45) is 4.30. The summed E-state index contributed by atoms with van der Waals surface area (Å²) in [6, 6.07) is 7.39. The molecule has 1 aromatic rings. The third-order valence-electron chi connectivity index (χ3n) is 6.90. The third kappa shape index (κ3) is 4.29. The number of methoxy groups -OCH3 is 1. The molecule has 3 aliphatic rings. The average Bonchev–Trinajstić information content (AvgIpc) is 2.75. The topological polar surface area (TPSA) is 96.1 Å². The first kappa shape index (κ1) is 22.8. The molecule has 166 valence electrons. The lowest BCUT2D eigenvalue weighted by atomic mass is 9.70. The summed E-state index contributed by atoms with van der Waals surface area (Å²) in [5, 5.41) is 9.32. The number of amides is 2. The SMILES string of the molecule is COc1cccc(C[C@H]2[C@H]3C[C@H](CN(C(=O)[C@@H](N)CO)C3)[C@@H]3CCCC(=O)N32)c1.Cl. The Kier molecular flexibility index (Phi) is 7.26. The molecule has 2 bridgehead atoms. The summed E-state index contributed by atoms with van der Waals surface area (Å²) in [5.41, 5.74) is 6.96. The van der Waals surface area contributed by atoms with Crippen molar-refractivity contribution in [2.75, 3.05) is 26.8 Å². The van der Waals surface area contributed by atoms with E-state index in [-0.39, 0.29) is 54.7 Å². The summed E-state index contributed by atoms with van der Waals surface area (Å²) in [6.45, 7) is 0.878. The van der Waals surface area contributed by atoms with Crippen LogP contribution in [0.2, 0.25) is 0 Å². The molecule has 2 amide bonds. The molecule has 3 fully saturated rings. The highest BCUT2D eigenvalue weighted by atomic mass is 35.5. The number of hydrogen-bond donors (Lipinski definition) is 2. The maximum Gasteiger partial charge on any atom is 0.241 e. The predicted molar refractivity (Wildman–Crippen MR) is 115 cm³/mol. The van der Waals surface area contributed by atoms with Crippen LogP contribution >= 0.6 is 12.4 Å². The third-order valence-corrected chi connectivity index (χ3v) is 6.90. The van der Waals surface area contributed by atoms with Gasteiger partial charge in [-0.3, -0.25) is 9.59 Å². The van der Waals surface area contributed by atoms with Gasteiger partial charge in [0.05, 0.1) is 13.7 Å². The first-order valence-corrected chi connectivity index (χ1v) is 10.6. The second-order valence-corrected chi connectivity index (χ2v) is 8.67. The molecule has 3 saturated heterocycles. The molecule has 0 saturated carbocycles. The van der Waals surface area contributed by atoms with Crippen molar-refractivity contribution >= 4 is 24.2 Å². The second-order valence-electron chi connectivity index (χ2n) is 8.67. The monoisotopic (exact) mass is 437 g/mol. The molecular formula is C22H32ClN3O4. The number of nitrogens with two attached hydrogens (primary N) is 1. The van der Waals surface area contributed by atoms with Crippen LogP contribution in [0.4, 0.5) is 0 Å². The van der Waals surface area contributed by atoms with Gasteiger partial charge in [-0.25, -0.2) is 0 Å². The number of aliphatic hydroxyl groups is 1. The van der Waals surface area contributed by atoms with Crippen LogP contribution in [0, 0.1) is 11.8 Å². The molecule has 4 rings (SSSR count). The number of hydrogen-bond acceptors (Lipinski definition) is 5. The Morgan fingerprint density at radius 3 is 2.83 bits per heavy atom. The molecule has 0 aromatic heterocycles. The highest BCUT2D eigenvalue weighted by Gasteiger charge is 2.50. The van der Waals surface area contributed by atoms with Crippen molar-refractivity contribution in [3.05, 3.63) is 29.8 Å². The molecule has 30 heavy (non-hydrogen) atoms. The summed E-state index contributed by atoms with van der Waals surface area (Å²) >= 11 is 0. The number of halogens is 1. The van der Waals surface area contributed by atoms with Crippen molar-refractivity contribution in [1.82, 2.24) is 9.80 Å². The molecule has 7 nitrogen and oxygen atoms in total. The number of benzene rings is 1. The van der Waals surface area contributed by atoms with Crippen LogP contribution in [0.1, 0.15) is 31.2 Å². The molecule has 5 atom stereocenters. The standard InChI is InChI=1S/C22H31N3O4.ClH/c1-29-17-5-2-4-14(8-17)9-20-16-10-15(19-6-3-7-21(27)25(19)20)11-24(12-16)22(28)18(23)13-26;/h2,4-5,8,15-16,18-20,26H,3,6-7,9-13,23H2,1H3;1H/t15-,16+,18+,19+,20+;/m1./s1. The van der Waals surface area contributed by atoms with E-state index in [2.05, 4.69) is 11.0 Å². The zero-order chi connectivity index (χ0) is 20.5. The number of aliphatic hydroxyl groups excluding tert-OH is 1. The summed E-state index contributed by atoms with van der Waals surface area (Å²) < 4.78 is 5.37. The zero-order valence-corrected chi connectivity index (χ0v) is 18.2. The van der Waals surface area contributed by atoms with Crippen molar-refractivity contribution in [2.24, 2.45) is 17.6 Å². The van der Waals surface area contributed by atoms with Gasteiger partial charge < -0.3 is 25.4 Å². The van der Waals surface area contributed by atoms with Crippen LogP contribution in [0.15, 0.2) is 24.3 Å². The quantitative estimate of drug-likeness (QED) is 0.721. The van der Waals surface area contributed by atoms with Crippen LogP contribution in [-0.2, 0) is 16.0 Å². The Balaban J connectivity index is 0.00000256. The van der Waals surface area contributed by atoms with Crippen molar-refractivity contribution in [1.29, 1.82) is 0 Å². The molecule has 3 N–H and O–H groups in total. The summed E-state index contributed by atoms with van der Waals surface area (Å²) in [7, 11) is 1.66. The number of carbonyl (C=O) groups is 2. The summed E-state index contributed by atoms with van der Waals surface area (Å²) in [4.78, 5) is 29.6. The first-order chi connectivity index (χ1) is 14.0. The maximum atomic E-state index is 12.9. The number of rotatable bonds is 5. The molecule has 8 heteroatoms. The summed E-state index contributed by atoms with van der Waals surface area (Å²) in [5.74, 6) is 1.38. The minimum atomic E-state index is -0.866. The van der Waals surface area contributed by atoms with Gasteiger partial charge in [0, 0.05) is 31.6 Å². The van der Waals surface area contributed by atoms with E-state index in [1.165, 1.54) is 0 Å². The first-order valence-electron chi connectivity index (χ1n) is 10.6. The molecule has 1 aromatic carbocycles. The Bertz CT molecular complexity index is 777. The van der Waals surface area contributed by atoms with E-state index in [4.69, 9.17) is 10.5 Å². The largest absolute Gasteiger partial charge is 0.497 e. The van der Waals surface area contributed by atoms with Crippen LogP contribution in [0.3, 0.4) is 0 Å². The normalized spacial score (nSPS) is 29.0. The maximum absolute atomic E-state index is 12.9. The number of nitrogens with zero attached hydrogens (tertiary/aromatic N) is 2. The van der Waals surface area contributed by atoms with Gasteiger partial charge in [-0.1, -0.05) is 12.1 Å². The van der Waals surface area contributed by atoms with Crippen LogP contribution in [0.5, 0.6) is 5.75 Å². The van der Waals surface area contributed by atoms with Crippen molar-refractivity contribution in [2.45, 2.75) is 50.2 Å². The van der Waals surface area contributed by atoms with Gasteiger partial charge in [0.25, 0.3) is 0 Å². The van der Waals surface area contributed by atoms with Gasteiger partial charge in [-0.15, -0.1) is 12.4 Å². The lowest BCUT2D eigenvalue weighted by Gasteiger charge is -2.57. The van der Waals surface area contributed by atoms with E-state index in [1.54, 1.807) is 7.11 Å². The van der Waals surface area contributed by atoms with Gasteiger partial charge in [-0.2, -0.15) is 0 Å². The van der Waals surface area contributed by atoms with Crippen LogP contribution in [-0.4, -0.2) is 71.7 Å². The molecule has 0 spiro atoms. The zero-order valence-electron chi connectivity index (χ0n) is 17.4. The van der Waals surface area contributed by atoms with Gasteiger partial charge >= 0.3 is 0 Å². The Labute approximate surface area is 183 Å². The fourth-order valence-electron chi connectivity index (χ4n) is 5.57. The van der Waals surface area contributed by atoms with Crippen LogP contribution < -0.4 is 10.5 Å². The Morgan fingerprint density at radius 1 is 1.33 bits per heavy atom. The molecule has 0 unspecified atom stereocenters. The predicted octanol–water partition coefficient (Wildman–Crippen LogP) is 1.21. The van der Waals surface area contributed by atoms with Crippen molar-refractivity contribution in [3.8, 4) is 5.75 Å². The number of ether oxygens (including phenoxy) is 1. The van der Waals surface area contributed by atoms with Gasteiger partial charge in [0.1, 0.15) is 11.8 Å². The minimum Gasteiger partial charge on any atom is -0.497 e. The smallest absolute Gasteiger partial charge is 0.241 e. The van der Waals surface area contributed by atoms with Gasteiger partial charge in [0.15, 0.2) is 0 Å². The highest BCUT2D eigenvalue weighted by molar-refractivity contribution is 5.85. The fraction of sp³-hybridized carbons (Fsp3) is 0.636.